The van der Waals surface area contributed by atoms with Gasteiger partial charge in [0, 0.05) is 6.42 Å². The van der Waals surface area contributed by atoms with E-state index in [1.54, 1.807) is 0 Å². The summed E-state index contributed by atoms with van der Waals surface area (Å²) in [5.41, 5.74) is -0.944. The number of amides is 2. The average Bonchev–Trinajstić information content (AvgIpc) is 1.12. The van der Waals surface area contributed by atoms with Gasteiger partial charge in [-0.25, -0.2) is 0 Å². The third-order valence-corrected chi connectivity index (χ3v) is 17.6. The number of carbonyl (C=O) groups is 5. The highest BCUT2D eigenvalue weighted by molar-refractivity contribution is 5.80. The summed E-state index contributed by atoms with van der Waals surface area (Å²) >= 11 is 0. The van der Waals surface area contributed by atoms with Crippen LogP contribution in [0.5, 0.6) is 0 Å². The molecule has 0 aromatic heterocycles. The van der Waals surface area contributed by atoms with E-state index in [-0.39, 0.29) is 25.0 Å². The van der Waals surface area contributed by atoms with Crippen LogP contribution in [-0.4, -0.2) is 111 Å². The van der Waals surface area contributed by atoms with Gasteiger partial charge in [0.1, 0.15) is 25.0 Å². The lowest BCUT2D eigenvalue weighted by molar-refractivity contribution is -0.151. The molecule has 5 atom stereocenters. The van der Waals surface area contributed by atoms with E-state index in [1.807, 2.05) is 0 Å². The Morgan fingerprint density at radius 3 is 1.00 bits per heavy atom. The third-order valence-electron chi connectivity index (χ3n) is 17.6. The third kappa shape index (κ3) is 56.3. The van der Waals surface area contributed by atoms with Crippen molar-refractivity contribution in [2.75, 3.05) is 19.8 Å². The molecule has 0 aromatic rings. The fourth-order valence-electron chi connectivity index (χ4n) is 11.7. The predicted octanol–water partition coefficient (Wildman–Crippen LogP) is 17.2. The minimum Gasteiger partial charge on any atom is -0.462 e. The Morgan fingerprint density at radius 1 is 0.333 bits per heavy atom. The van der Waals surface area contributed by atoms with Crippen molar-refractivity contribution in [2.45, 2.75) is 412 Å². The Morgan fingerprint density at radius 2 is 0.645 bits per heavy atom. The molecule has 8 N–H and O–H groups in total. The molecule has 0 rings (SSSR count). The lowest BCUT2D eigenvalue weighted by Gasteiger charge is -2.23. The zero-order valence-electron chi connectivity index (χ0n) is 60.0. The summed E-state index contributed by atoms with van der Waals surface area (Å²) < 4.78 is 23.2. The van der Waals surface area contributed by atoms with Crippen LogP contribution in [0.3, 0.4) is 0 Å². The van der Waals surface area contributed by atoms with Crippen LogP contribution in [0.2, 0.25) is 0 Å². The number of carbonyl (C=O) groups excluding carboxylic acids is 5. The molecule has 17 heteroatoms. The van der Waals surface area contributed by atoms with E-state index >= 15 is 0 Å². The summed E-state index contributed by atoms with van der Waals surface area (Å²) in [5.74, 6) is -4.88. The molecule has 1 unspecified atom stereocenters. The molecular formula is C76H142N2O15. The fraction of sp³-hybridized carbons (Fsp3) is 0.882. The molecule has 2 amide bonds. The molecule has 0 spiro atoms. The summed E-state index contributed by atoms with van der Waals surface area (Å²) in [5, 5.41) is 71.4. The number of hydrogen-bond donors (Lipinski definition) is 8. The van der Waals surface area contributed by atoms with Crippen LogP contribution in [0.15, 0.2) is 22.9 Å². The van der Waals surface area contributed by atoms with Crippen molar-refractivity contribution >= 4 is 29.7 Å². The van der Waals surface area contributed by atoms with Crippen molar-refractivity contribution in [1.82, 2.24) is 10.6 Å². The van der Waals surface area contributed by atoms with E-state index in [1.165, 1.54) is 128 Å². The molecule has 0 aliphatic rings. The highest BCUT2D eigenvalue weighted by atomic mass is 16.6. The molecule has 0 saturated heterocycles. The van der Waals surface area contributed by atoms with Crippen LogP contribution in [-0.2, 0) is 42.9 Å². The standard InChI is InChI=1S/C76H142N2O15/c1-6-11-16-21-26-31-36-41-46-51-63(81)56-70(84)77-67(60-79)69(93-74(88)58-65(83)53-48-43-38-33-28-23-18-13-8-3)62-90-76(89)75(68(61-80)92-73(87)57-64(82)52-47-42-37-32-27-22-17-12-7-2)78-71(85)59-66(54-49-44-39-34-29-24-19-14-9-4)91-72(86)55-50-45-40-35-30-25-20-15-10-5/h63-66,76,79-83,89H,6-62H2,1-5H3,(H,77,84)(H,78,85)/b69-67+,75-68+/t63-,64-,65-,66-,76?/m1/s1. The number of nitrogens with one attached hydrogen (secondary N) is 2. The van der Waals surface area contributed by atoms with E-state index in [0.29, 0.717) is 57.8 Å². The van der Waals surface area contributed by atoms with Gasteiger partial charge < -0.3 is 60.2 Å². The largest absolute Gasteiger partial charge is 0.462 e. The average molecular weight is 1320 g/mol. The van der Waals surface area contributed by atoms with Crippen LogP contribution in [0, 0.1) is 0 Å². The zero-order valence-corrected chi connectivity index (χ0v) is 60.0. The number of esters is 3. The molecule has 0 radical (unpaired) electrons. The van der Waals surface area contributed by atoms with Gasteiger partial charge in [-0.05, 0) is 38.5 Å². The second-order valence-electron chi connectivity index (χ2n) is 26.7. The second-order valence-corrected chi connectivity index (χ2v) is 26.7. The molecule has 0 aliphatic heterocycles. The fourth-order valence-corrected chi connectivity index (χ4v) is 11.7. The number of rotatable bonds is 69. The van der Waals surface area contributed by atoms with Gasteiger partial charge in [0.2, 0.25) is 11.8 Å². The Bertz CT molecular complexity index is 1860. The number of hydrogen-bond acceptors (Lipinski definition) is 15. The summed E-state index contributed by atoms with van der Waals surface area (Å²) in [6.07, 6.45) is 41.9. The lowest BCUT2D eigenvalue weighted by atomic mass is 10.0. The summed E-state index contributed by atoms with van der Waals surface area (Å²) in [6.45, 7) is 8.15. The molecule has 0 aromatic carbocycles. The van der Waals surface area contributed by atoms with Crippen LogP contribution >= 0.6 is 0 Å². The molecule has 0 bridgehead atoms. The summed E-state index contributed by atoms with van der Waals surface area (Å²) in [7, 11) is 0. The monoisotopic (exact) mass is 1320 g/mol. The topological polar surface area (TPSA) is 268 Å². The summed E-state index contributed by atoms with van der Waals surface area (Å²) in [4.78, 5) is 68.4. The van der Waals surface area contributed by atoms with Crippen molar-refractivity contribution in [2.24, 2.45) is 0 Å². The van der Waals surface area contributed by atoms with Crippen molar-refractivity contribution in [3.05, 3.63) is 22.9 Å². The Balaban J connectivity index is 6.86. The molecule has 0 fully saturated rings. The highest BCUT2D eigenvalue weighted by Gasteiger charge is 2.28. The Hall–Kier alpha value is -3.45. The SMILES string of the molecule is CCCCCCCCCCCC(=O)O[C@H](CCCCCCCCCCC)CC(=O)N/C(=C(\CO)OC(=O)C[C@H](O)CCCCCCCCCCC)C(O)OC/C(OC(=O)C[C@H](O)CCCCCCCCCCC)=C(/CO)NC(=O)C[C@H](O)CCCCCCCCCCC. The van der Waals surface area contributed by atoms with Gasteiger partial charge in [-0.1, -0.05) is 311 Å². The number of aliphatic hydroxyl groups excluding tert-OH is 6. The van der Waals surface area contributed by atoms with Crippen LogP contribution in [0.1, 0.15) is 381 Å². The first-order valence-electron chi connectivity index (χ1n) is 38.4. The molecule has 546 valence electrons. The van der Waals surface area contributed by atoms with Gasteiger partial charge in [-0.2, -0.15) is 0 Å². The maximum absolute atomic E-state index is 14.3. The van der Waals surface area contributed by atoms with E-state index in [0.717, 1.165) is 128 Å². The maximum atomic E-state index is 14.3. The Kier molecular flexibility index (Phi) is 63.4. The van der Waals surface area contributed by atoms with Gasteiger partial charge in [0.25, 0.3) is 0 Å². The Labute approximate surface area is 566 Å². The molecule has 0 saturated carbocycles. The molecule has 17 nitrogen and oxygen atoms in total. The first kappa shape index (κ1) is 89.5. The van der Waals surface area contributed by atoms with Crippen molar-refractivity contribution in [3.8, 4) is 0 Å². The van der Waals surface area contributed by atoms with Crippen molar-refractivity contribution < 1.29 is 73.6 Å². The first-order valence-corrected chi connectivity index (χ1v) is 38.4. The zero-order chi connectivity index (χ0) is 68.6. The van der Waals surface area contributed by atoms with Crippen molar-refractivity contribution in [1.29, 1.82) is 0 Å². The minimum atomic E-state index is -2.25. The van der Waals surface area contributed by atoms with Crippen LogP contribution in [0.25, 0.3) is 0 Å². The van der Waals surface area contributed by atoms with Gasteiger partial charge >= 0.3 is 17.9 Å². The van der Waals surface area contributed by atoms with E-state index in [4.69, 9.17) is 18.9 Å². The quantitative estimate of drug-likeness (QED) is 0.00925. The van der Waals surface area contributed by atoms with Gasteiger partial charge in [0.05, 0.1) is 56.3 Å². The lowest BCUT2D eigenvalue weighted by Crippen LogP contribution is -2.37. The maximum Gasteiger partial charge on any atom is 0.313 e. The smallest absolute Gasteiger partial charge is 0.313 e. The predicted molar refractivity (Wildman–Crippen MR) is 374 cm³/mol. The highest BCUT2D eigenvalue weighted by Crippen LogP contribution is 2.22. The van der Waals surface area contributed by atoms with Crippen LogP contribution < -0.4 is 10.6 Å². The normalized spacial score (nSPS) is 13.8. The minimum absolute atomic E-state index is 0.188. The number of aliphatic hydroxyl groups is 6. The molecule has 0 heterocycles. The summed E-state index contributed by atoms with van der Waals surface area (Å²) in [6, 6.07) is 0. The molecular weight excluding hydrogens is 1180 g/mol. The van der Waals surface area contributed by atoms with E-state index in [2.05, 4.69) is 45.3 Å². The van der Waals surface area contributed by atoms with Gasteiger partial charge in [0.15, 0.2) is 17.8 Å². The van der Waals surface area contributed by atoms with E-state index in [9.17, 15) is 54.6 Å². The van der Waals surface area contributed by atoms with Gasteiger partial charge in [-0.15, -0.1) is 0 Å². The molecule has 0 aliphatic carbocycles. The van der Waals surface area contributed by atoms with Gasteiger partial charge in [-0.3, -0.25) is 24.0 Å². The molecule has 93 heavy (non-hydrogen) atoms. The second kappa shape index (κ2) is 65.8. The van der Waals surface area contributed by atoms with Crippen molar-refractivity contribution in [3.63, 3.8) is 0 Å². The van der Waals surface area contributed by atoms with Crippen LogP contribution in [0.4, 0.5) is 0 Å². The first-order chi connectivity index (χ1) is 45.2. The number of unbranched alkanes of at least 4 members (excludes halogenated alkanes) is 40. The number of ether oxygens (including phenoxy) is 4. The van der Waals surface area contributed by atoms with E-state index < -0.39 is 110 Å².